The summed E-state index contributed by atoms with van der Waals surface area (Å²) in [6.07, 6.45) is 9.81. The molecule has 0 N–H and O–H groups in total. The number of rotatable bonds is 3. The Morgan fingerprint density at radius 3 is 1.59 bits per heavy atom. The van der Waals surface area contributed by atoms with Crippen LogP contribution in [0.3, 0.4) is 0 Å². The van der Waals surface area contributed by atoms with Crippen molar-refractivity contribution < 1.29 is 0 Å². The van der Waals surface area contributed by atoms with Gasteiger partial charge in [-0.3, -0.25) is 0 Å². The largest absolute Gasteiger partial charge is 0.311 e. The van der Waals surface area contributed by atoms with Gasteiger partial charge in [0.2, 0.25) is 0 Å². The molecule has 4 heteroatoms. The van der Waals surface area contributed by atoms with E-state index in [1.165, 1.54) is 149 Å². The quantitative estimate of drug-likeness (QED) is 0.163. The smallest absolute Gasteiger partial charge is 0.264 e. The molecule has 74 heavy (non-hydrogen) atoms. The van der Waals surface area contributed by atoms with Gasteiger partial charge in [0, 0.05) is 43.2 Å². The lowest BCUT2D eigenvalue weighted by molar-refractivity contribution is 0.188. The topological polar surface area (TPSA) is 6.48 Å². The highest BCUT2D eigenvalue weighted by Crippen LogP contribution is 2.60. The molecule has 2 aliphatic heterocycles. The predicted molar refractivity (Wildman–Crippen MR) is 322 cm³/mol. The van der Waals surface area contributed by atoms with Crippen LogP contribution in [0, 0.1) is 0 Å². The lowest BCUT2D eigenvalue weighted by Gasteiger charge is -2.52. The summed E-state index contributed by atoms with van der Waals surface area (Å²) < 4.78 is 2.94. The molecule has 7 aromatic rings. The maximum Gasteiger partial charge on any atom is 0.264 e. The molecule has 1 aromatic heterocycles. The third-order valence-electron chi connectivity index (χ3n) is 20.7. The van der Waals surface area contributed by atoms with Crippen LogP contribution in [0.1, 0.15) is 207 Å². The minimum atomic E-state index is -0.125. The molecule has 0 saturated heterocycles. The number of fused-ring (bicyclic) bond motifs is 10. The summed E-state index contributed by atoms with van der Waals surface area (Å²) in [5.41, 5.74) is 26.1. The van der Waals surface area contributed by atoms with Crippen LogP contribution in [0.5, 0.6) is 0 Å². The minimum absolute atomic E-state index is 0.0173. The van der Waals surface area contributed by atoms with E-state index in [2.05, 4.69) is 235 Å². The van der Waals surface area contributed by atoms with E-state index in [9.17, 15) is 0 Å². The molecule has 3 heterocycles. The molecule has 0 unspecified atom stereocenters. The summed E-state index contributed by atoms with van der Waals surface area (Å²) in [6.45, 7) is 39.7. The summed E-state index contributed by atoms with van der Waals surface area (Å²) in [4.78, 5) is 5.57. The molecule has 0 radical (unpaired) electrons. The second kappa shape index (κ2) is 15.3. The van der Waals surface area contributed by atoms with Gasteiger partial charge < -0.3 is 9.80 Å². The highest BCUT2D eigenvalue weighted by Gasteiger charge is 2.52. The van der Waals surface area contributed by atoms with Crippen molar-refractivity contribution in [2.45, 2.75) is 205 Å². The number of anilines is 6. The van der Waals surface area contributed by atoms with E-state index >= 15 is 0 Å². The maximum atomic E-state index is 2.81. The molecular formula is C70H81BN2S. The van der Waals surface area contributed by atoms with Gasteiger partial charge in [0.25, 0.3) is 6.71 Å². The highest BCUT2D eigenvalue weighted by molar-refractivity contribution is 7.33. The van der Waals surface area contributed by atoms with Gasteiger partial charge in [-0.1, -0.05) is 165 Å². The minimum Gasteiger partial charge on any atom is -0.311 e. The van der Waals surface area contributed by atoms with Crippen molar-refractivity contribution in [1.29, 1.82) is 0 Å². The molecule has 0 amide bonds. The average Bonchev–Trinajstić information content (AvgIpc) is 3.77. The molecule has 0 spiro atoms. The number of hydrogen-bond donors (Lipinski definition) is 0. The Kier molecular flexibility index (Phi) is 10.1. The zero-order valence-electron chi connectivity index (χ0n) is 47.9. The second-order valence-corrected chi connectivity index (χ2v) is 30.7. The van der Waals surface area contributed by atoms with Gasteiger partial charge >= 0.3 is 0 Å². The van der Waals surface area contributed by atoms with Gasteiger partial charge in [-0.15, -0.1) is 11.3 Å². The van der Waals surface area contributed by atoms with E-state index in [4.69, 9.17) is 0 Å². The summed E-state index contributed by atoms with van der Waals surface area (Å²) in [7, 11) is 0. The van der Waals surface area contributed by atoms with E-state index in [1.807, 2.05) is 0 Å². The van der Waals surface area contributed by atoms with Gasteiger partial charge in [0.15, 0.2) is 0 Å². The van der Waals surface area contributed by atoms with Gasteiger partial charge in [0.05, 0.1) is 11.4 Å². The van der Waals surface area contributed by atoms with Crippen molar-refractivity contribution in [3.63, 3.8) is 0 Å². The summed E-state index contributed by atoms with van der Waals surface area (Å²) in [5.74, 6) is 0. The zero-order chi connectivity index (χ0) is 52.2. The summed E-state index contributed by atoms with van der Waals surface area (Å²) >= 11 is 2.11. The summed E-state index contributed by atoms with van der Waals surface area (Å²) in [5, 5.41) is 1.43. The molecule has 0 atom stereocenters. The normalized spacial score (nSPS) is 23.4. The fraction of sp³-hybridized carbons (Fsp3) is 0.457. The first-order chi connectivity index (χ1) is 34.6. The lowest BCUT2D eigenvalue weighted by atomic mass is 9.35. The fourth-order valence-corrected chi connectivity index (χ4v) is 16.7. The first-order valence-electron chi connectivity index (χ1n) is 28.6. The van der Waals surface area contributed by atoms with E-state index < -0.39 is 0 Å². The van der Waals surface area contributed by atoms with Crippen LogP contribution in [-0.2, 0) is 43.3 Å². The molecule has 14 rings (SSSR count). The van der Waals surface area contributed by atoms with Crippen molar-refractivity contribution in [3.05, 3.63) is 148 Å². The monoisotopic (exact) mass is 993 g/mol. The number of thiophene rings is 1. The third kappa shape index (κ3) is 6.86. The van der Waals surface area contributed by atoms with Crippen molar-refractivity contribution in [1.82, 2.24) is 0 Å². The molecule has 1 saturated carbocycles. The predicted octanol–water partition coefficient (Wildman–Crippen LogP) is 18.0. The number of hydrogen-bond acceptors (Lipinski definition) is 3. The first kappa shape index (κ1) is 48.6. The summed E-state index contributed by atoms with van der Waals surface area (Å²) in [6, 6.07) is 42.5. The lowest BCUT2D eigenvalue weighted by Crippen LogP contribution is -2.61. The Morgan fingerprint density at radius 1 is 0.459 bits per heavy atom. The Hall–Kier alpha value is -5.06. The molecule has 2 bridgehead atoms. The molecule has 2 nitrogen and oxygen atoms in total. The molecule has 380 valence electrons. The molecule has 6 aromatic carbocycles. The van der Waals surface area contributed by atoms with Crippen LogP contribution in [0.4, 0.5) is 34.1 Å². The Balaban J connectivity index is 1.20. The van der Waals surface area contributed by atoms with Crippen LogP contribution >= 0.6 is 11.3 Å². The van der Waals surface area contributed by atoms with Gasteiger partial charge in [-0.05, 0) is 204 Å². The van der Waals surface area contributed by atoms with E-state index in [0.29, 0.717) is 0 Å². The van der Waals surface area contributed by atoms with Crippen LogP contribution in [-0.4, -0.2) is 6.71 Å². The van der Waals surface area contributed by atoms with Crippen LogP contribution < -0.4 is 25.5 Å². The average molecular weight is 993 g/mol. The van der Waals surface area contributed by atoms with Crippen molar-refractivity contribution in [3.8, 4) is 11.1 Å². The van der Waals surface area contributed by atoms with Crippen molar-refractivity contribution in [2.24, 2.45) is 0 Å². The van der Waals surface area contributed by atoms with Crippen molar-refractivity contribution in [2.75, 3.05) is 9.80 Å². The standard InChI is InChI=1S/C70H81BN2S/c1-63(2,3)43-22-24-45(25-23-43)72-55-36-44(64(4,5)6)37-56-60(55)71(62-61(72)46-38-50-51(41-57(46)74-62)70(16)34-32-69(50,15)33-35-70)52-39-48-49(67(11,12)29-28-66(48,9)10)40-54(52)73(56)53-27-26-47-59(58(53)42-20-18-17-19-21-42)68(13,14)31-30-65(47,7)8/h17-27,36-41H,28-35H2,1-16H3. The van der Waals surface area contributed by atoms with Crippen LogP contribution in [0.2, 0.25) is 0 Å². The van der Waals surface area contributed by atoms with Gasteiger partial charge in [-0.25, -0.2) is 0 Å². The van der Waals surface area contributed by atoms with E-state index in [-0.39, 0.29) is 50.0 Å². The highest BCUT2D eigenvalue weighted by atomic mass is 32.1. The molecule has 7 aliphatic rings. The second-order valence-electron chi connectivity index (χ2n) is 29.6. The van der Waals surface area contributed by atoms with Crippen molar-refractivity contribution >= 4 is 78.0 Å². The molecular weight excluding hydrogens is 912 g/mol. The van der Waals surface area contributed by atoms with E-state index in [1.54, 1.807) is 11.1 Å². The van der Waals surface area contributed by atoms with E-state index in [0.717, 1.165) is 6.42 Å². The van der Waals surface area contributed by atoms with Gasteiger partial charge in [0.1, 0.15) is 0 Å². The SMILES string of the molecule is CC(C)(C)c1ccc(N2c3cc(C(C)(C)C)cc4c3B(c3cc5c(cc3N4c3ccc4c(c3-c3ccccc3)C(C)(C)CCC4(C)C)C(C)(C)CCC5(C)C)c3sc4cc5c(cc4c32)C2(C)CCC5(C)CC2)cc1. The third-order valence-corrected chi connectivity index (χ3v) is 21.9. The number of nitrogens with zero attached hydrogens (tertiary/aromatic N) is 2. The Morgan fingerprint density at radius 2 is 1.00 bits per heavy atom. The Labute approximate surface area is 449 Å². The maximum absolute atomic E-state index is 2.81. The first-order valence-corrected chi connectivity index (χ1v) is 29.4. The molecule has 1 fully saturated rings. The van der Waals surface area contributed by atoms with Gasteiger partial charge in [-0.2, -0.15) is 0 Å². The van der Waals surface area contributed by atoms with Crippen LogP contribution in [0.25, 0.3) is 21.2 Å². The Bertz CT molecular complexity index is 3500. The fourth-order valence-electron chi connectivity index (χ4n) is 15.4. The zero-order valence-corrected chi connectivity index (χ0v) is 48.7. The molecule has 5 aliphatic carbocycles. The van der Waals surface area contributed by atoms with Crippen LogP contribution in [0.15, 0.2) is 103 Å². The number of benzene rings is 6.